The number of likely N-dealkylation sites (N-methyl/N-ethyl adjacent to an activating group) is 1. The predicted octanol–water partition coefficient (Wildman–Crippen LogP) is 3.46. The van der Waals surface area contributed by atoms with Gasteiger partial charge in [0.25, 0.3) is 0 Å². The number of alkyl carbamates (subject to hydrolysis) is 1. The Morgan fingerprint density at radius 2 is 1.77 bits per heavy atom. The summed E-state index contributed by atoms with van der Waals surface area (Å²) < 4.78 is 34.1. The maximum absolute atomic E-state index is 13.3. The number of carbonyl (C=O) groups excluding carboxylic acids is 4. The fourth-order valence-electron chi connectivity index (χ4n) is 7.42. The van der Waals surface area contributed by atoms with Crippen molar-refractivity contribution in [3.8, 4) is 11.5 Å². The minimum Gasteiger partial charge on any atom is -0.493 e. The molecule has 13 heteroatoms. The Kier molecular flexibility index (Phi) is 9.28. The van der Waals surface area contributed by atoms with Crippen molar-refractivity contribution in [1.82, 2.24) is 10.2 Å². The molecule has 1 amide bonds. The molecule has 2 aliphatic carbocycles. The van der Waals surface area contributed by atoms with Gasteiger partial charge in [-0.3, -0.25) is 4.79 Å². The largest absolute Gasteiger partial charge is 0.493 e. The number of nitrogens with zero attached hydrogens (tertiary/aromatic N) is 1. The van der Waals surface area contributed by atoms with E-state index < -0.39 is 64.5 Å². The number of amides is 1. The Morgan fingerprint density at radius 3 is 2.42 bits per heavy atom. The summed E-state index contributed by atoms with van der Waals surface area (Å²) in [4.78, 5) is 53.6. The van der Waals surface area contributed by atoms with Gasteiger partial charge in [-0.1, -0.05) is 6.07 Å². The fraction of sp³-hybridized carbons (Fsp3) is 0.657. The van der Waals surface area contributed by atoms with Crippen LogP contribution in [0.2, 0.25) is 0 Å². The molecule has 13 nitrogen and oxygen atoms in total. The van der Waals surface area contributed by atoms with Crippen LogP contribution < -0.4 is 14.8 Å². The van der Waals surface area contributed by atoms with Crippen molar-refractivity contribution >= 4 is 24.0 Å². The summed E-state index contributed by atoms with van der Waals surface area (Å²) in [7, 11) is 3.57. The molecule has 6 atom stereocenters. The minimum atomic E-state index is -1.30. The van der Waals surface area contributed by atoms with Gasteiger partial charge in [0.05, 0.1) is 18.1 Å². The number of piperidine rings is 1. The molecule has 2 bridgehead atoms. The number of likely N-dealkylation sites (tertiary alicyclic amines) is 1. The standard InChI is InChI=1S/C35H48N2O11/c1-19(44-25(38)13-11-21(30(40)47-32(2,3)4)36-31(41)48-33(5,6)7)29(39)45-23-14-15-35(42)24-18-20-10-12-22(43-9)27-26(20)34(35,28(23)46-27)16-17-37(24)8/h10,12,14,19,21,24,28,42H,11,13,15-18H2,1-9H3,(H,36,41)/t19?,21?,24-,28+,34+,35-/m1/s1. The molecule has 48 heavy (non-hydrogen) atoms. The van der Waals surface area contributed by atoms with Crippen molar-refractivity contribution in [3.05, 3.63) is 35.1 Å². The molecule has 4 aliphatic rings. The van der Waals surface area contributed by atoms with Gasteiger partial charge in [-0.15, -0.1) is 0 Å². The number of ether oxygens (including phenoxy) is 6. The fourth-order valence-corrected chi connectivity index (χ4v) is 7.42. The second kappa shape index (κ2) is 12.6. The summed E-state index contributed by atoms with van der Waals surface area (Å²) >= 11 is 0. The van der Waals surface area contributed by atoms with Crippen LogP contribution in [0.15, 0.2) is 24.0 Å². The number of hydrogen-bond donors (Lipinski definition) is 2. The minimum absolute atomic E-state index is 0.158. The summed E-state index contributed by atoms with van der Waals surface area (Å²) in [6.45, 7) is 12.2. The predicted molar refractivity (Wildman–Crippen MR) is 171 cm³/mol. The molecule has 1 spiro atoms. The number of nitrogens with one attached hydrogen (secondary N) is 1. The molecule has 2 heterocycles. The molecule has 1 fully saturated rings. The lowest BCUT2D eigenvalue weighted by atomic mass is 9.50. The second-order valence-electron chi connectivity index (χ2n) is 15.1. The van der Waals surface area contributed by atoms with E-state index in [2.05, 4.69) is 10.2 Å². The van der Waals surface area contributed by atoms with Gasteiger partial charge < -0.3 is 43.7 Å². The average molecular weight is 673 g/mol. The van der Waals surface area contributed by atoms with Crippen LogP contribution in [-0.4, -0.2) is 95.8 Å². The van der Waals surface area contributed by atoms with Gasteiger partial charge >= 0.3 is 24.0 Å². The molecule has 0 saturated carbocycles. The van der Waals surface area contributed by atoms with Crippen molar-refractivity contribution in [1.29, 1.82) is 0 Å². The van der Waals surface area contributed by atoms with Crippen LogP contribution in [0.1, 0.15) is 85.3 Å². The Labute approximate surface area is 281 Å². The van der Waals surface area contributed by atoms with Crippen LogP contribution in [0.4, 0.5) is 4.79 Å². The first-order chi connectivity index (χ1) is 22.3. The summed E-state index contributed by atoms with van der Waals surface area (Å²) in [5, 5.41) is 14.8. The molecular formula is C35H48N2O11. The van der Waals surface area contributed by atoms with Crippen LogP contribution in [0, 0.1) is 0 Å². The highest BCUT2D eigenvalue weighted by Gasteiger charge is 2.72. The van der Waals surface area contributed by atoms with E-state index in [-0.39, 0.29) is 31.1 Å². The highest BCUT2D eigenvalue weighted by molar-refractivity contribution is 5.83. The lowest BCUT2D eigenvalue weighted by Crippen LogP contribution is -2.74. The second-order valence-corrected chi connectivity index (χ2v) is 15.1. The zero-order valence-electron chi connectivity index (χ0n) is 29.3. The third-order valence-electron chi connectivity index (χ3n) is 9.44. The molecule has 0 radical (unpaired) electrons. The van der Waals surface area contributed by atoms with E-state index in [0.717, 1.165) is 11.1 Å². The van der Waals surface area contributed by atoms with Crippen molar-refractivity contribution in [2.75, 3.05) is 20.7 Å². The van der Waals surface area contributed by atoms with E-state index in [9.17, 15) is 24.3 Å². The maximum Gasteiger partial charge on any atom is 0.408 e. The van der Waals surface area contributed by atoms with Crippen LogP contribution in [0.5, 0.6) is 11.5 Å². The van der Waals surface area contributed by atoms with Crippen LogP contribution >= 0.6 is 0 Å². The number of methoxy groups -OCH3 is 1. The van der Waals surface area contributed by atoms with Gasteiger partial charge in [0, 0.05) is 24.4 Å². The third kappa shape index (κ3) is 6.46. The Morgan fingerprint density at radius 1 is 1.08 bits per heavy atom. The normalized spacial score (nSPS) is 26.9. The molecule has 2 N–H and O–H groups in total. The first kappa shape index (κ1) is 35.5. The first-order valence-electron chi connectivity index (χ1n) is 16.4. The van der Waals surface area contributed by atoms with Gasteiger partial charge in [0.1, 0.15) is 23.0 Å². The molecule has 1 aromatic rings. The van der Waals surface area contributed by atoms with Gasteiger partial charge in [-0.05, 0) is 99.0 Å². The van der Waals surface area contributed by atoms with Crippen molar-refractivity contribution in [3.63, 3.8) is 0 Å². The van der Waals surface area contributed by atoms with E-state index in [1.807, 2.05) is 19.2 Å². The van der Waals surface area contributed by atoms with Crippen molar-refractivity contribution in [2.24, 2.45) is 0 Å². The molecule has 2 aliphatic heterocycles. The summed E-state index contributed by atoms with van der Waals surface area (Å²) in [6, 6.07) is 2.51. The zero-order valence-corrected chi connectivity index (χ0v) is 29.3. The summed E-state index contributed by atoms with van der Waals surface area (Å²) in [5.74, 6) is -1.02. The Balaban J connectivity index is 1.27. The zero-order chi connectivity index (χ0) is 35.4. The number of hydrogen-bond acceptors (Lipinski definition) is 12. The highest BCUT2D eigenvalue weighted by atomic mass is 16.6. The highest BCUT2D eigenvalue weighted by Crippen LogP contribution is 2.65. The monoisotopic (exact) mass is 672 g/mol. The summed E-state index contributed by atoms with van der Waals surface area (Å²) in [5.41, 5.74) is -1.70. The van der Waals surface area contributed by atoms with Gasteiger partial charge in [0.15, 0.2) is 23.7 Å². The third-order valence-corrected chi connectivity index (χ3v) is 9.44. The SMILES string of the molecule is COc1ccc2c3c1O[C@H]1C(OC(=O)C(C)OC(=O)CCC(NC(=O)OC(C)(C)C)C(=O)OC(C)(C)C)=CC[C@@]4(O)[C@@H](C2)N(C)CC[C@]314. The van der Waals surface area contributed by atoms with Crippen LogP contribution in [0.25, 0.3) is 0 Å². The van der Waals surface area contributed by atoms with Crippen LogP contribution in [-0.2, 0) is 45.2 Å². The van der Waals surface area contributed by atoms with Gasteiger partial charge in [-0.25, -0.2) is 14.4 Å². The average Bonchev–Trinajstić information content (AvgIpc) is 3.32. The van der Waals surface area contributed by atoms with E-state index in [1.165, 1.54) is 6.92 Å². The van der Waals surface area contributed by atoms with Crippen molar-refractivity contribution in [2.45, 2.75) is 127 Å². The molecular weight excluding hydrogens is 624 g/mol. The topological polar surface area (TPSA) is 159 Å². The van der Waals surface area contributed by atoms with E-state index in [0.29, 0.717) is 30.9 Å². The van der Waals surface area contributed by atoms with Gasteiger partial charge in [-0.2, -0.15) is 0 Å². The molecule has 1 saturated heterocycles. The van der Waals surface area contributed by atoms with E-state index in [4.69, 9.17) is 28.4 Å². The number of esters is 3. The molecule has 2 unspecified atom stereocenters. The van der Waals surface area contributed by atoms with E-state index >= 15 is 0 Å². The van der Waals surface area contributed by atoms with Crippen LogP contribution in [0.3, 0.4) is 0 Å². The Bertz CT molecular complexity index is 1510. The Hall–Kier alpha value is -3.84. The lowest BCUT2D eigenvalue weighted by Gasteiger charge is -2.61. The van der Waals surface area contributed by atoms with Crippen molar-refractivity contribution < 1.29 is 52.7 Å². The van der Waals surface area contributed by atoms with Gasteiger partial charge in [0.2, 0.25) is 0 Å². The summed E-state index contributed by atoms with van der Waals surface area (Å²) in [6.07, 6.45) is -0.253. The number of benzene rings is 1. The molecule has 1 aromatic carbocycles. The number of aliphatic hydroxyl groups is 1. The maximum atomic E-state index is 13.3. The first-order valence-corrected chi connectivity index (χ1v) is 16.4. The number of rotatable bonds is 9. The molecule has 0 aromatic heterocycles. The van der Waals surface area contributed by atoms with E-state index in [1.54, 1.807) is 54.7 Å². The number of carbonyl (C=O) groups is 4. The molecule has 5 rings (SSSR count). The lowest BCUT2D eigenvalue weighted by molar-refractivity contribution is -0.175. The smallest absolute Gasteiger partial charge is 0.408 e. The quantitative estimate of drug-likeness (QED) is 0.291. The molecule has 264 valence electrons.